The van der Waals surface area contributed by atoms with Gasteiger partial charge in [0.05, 0.1) is 28.6 Å². The molecule has 5 heterocycles. The van der Waals surface area contributed by atoms with E-state index in [9.17, 15) is 9.59 Å². The first-order valence-electron chi connectivity index (χ1n) is 11.4. The molecule has 1 aromatic carbocycles. The molecule has 0 saturated carbocycles. The van der Waals surface area contributed by atoms with E-state index < -0.39 is 0 Å². The Kier molecular flexibility index (Phi) is 5.54. The third kappa shape index (κ3) is 3.35. The first-order chi connectivity index (χ1) is 16.0. The molecular weight excluding hydrogens is 450 g/mol. The third-order valence-corrected chi connectivity index (χ3v) is 6.88. The molecule has 0 unspecified atom stereocenters. The van der Waals surface area contributed by atoms with E-state index in [-0.39, 0.29) is 24.2 Å². The van der Waals surface area contributed by atoms with Gasteiger partial charge in [-0.1, -0.05) is 24.3 Å². The first kappa shape index (κ1) is 22.4. The van der Waals surface area contributed by atoms with Crippen molar-refractivity contribution in [1.82, 2.24) is 24.2 Å². The fraction of sp³-hybridized carbons (Fsp3) is 0.269. The van der Waals surface area contributed by atoms with Gasteiger partial charge in [0.2, 0.25) is 0 Å². The number of hydrogen-bond donors (Lipinski definition) is 1. The van der Waals surface area contributed by atoms with Gasteiger partial charge >= 0.3 is 0 Å². The van der Waals surface area contributed by atoms with E-state index in [1.54, 1.807) is 6.20 Å². The summed E-state index contributed by atoms with van der Waals surface area (Å²) in [5.74, 6) is -0.739. The van der Waals surface area contributed by atoms with Crippen LogP contribution in [0.2, 0.25) is 0 Å². The number of pyridine rings is 1. The van der Waals surface area contributed by atoms with E-state index >= 15 is 0 Å². The SMILES string of the molecule is CC(C)N1CCc2cccc3c(C4=C(c5cnc6ccccn56)C(=O)NC4=O)cn(c23)CC1.Cl. The zero-order valence-electron chi connectivity index (χ0n) is 19.1. The Morgan fingerprint density at radius 1 is 0.971 bits per heavy atom. The molecule has 174 valence electrons. The van der Waals surface area contributed by atoms with Crippen molar-refractivity contribution in [3.8, 4) is 0 Å². The monoisotopic (exact) mass is 475 g/mol. The standard InChI is InChI=1S/C26H25N5O2.ClH/c1-16(2)29-11-9-17-6-5-7-18-19(15-30(13-12-29)24(17)18)22-23(26(33)28-25(22)32)20-14-27-21-8-3-4-10-31(20)21;/h3-8,10,14-16H,9,11-13H2,1-2H3,(H,28,32,33);1H. The Morgan fingerprint density at radius 3 is 2.62 bits per heavy atom. The number of rotatable bonds is 3. The fourth-order valence-electron chi connectivity index (χ4n) is 5.22. The largest absolute Gasteiger partial charge is 0.345 e. The number of carbonyl (C=O) groups excluding carboxylic acids is 2. The summed E-state index contributed by atoms with van der Waals surface area (Å²) in [4.78, 5) is 33.0. The number of imide groups is 1. The highest BCUT2D eigenvalue weighted by atomic mass is 35.5. The van der Waals surface area contributed by atoms with Gasteiger partial charge in [-0.3, -0.25) is 24.2 Å². The van der Waals surface area contributed by atoms with Gasteiger partial charge in [0.25, 0.3) is 11.8 Å². The Balaban J connectivity index is 0.00000241. The molecule has 0 fully saturated rings. The molecule has 0 bridgehead atoms. The smallest absolute Gasteiger partial charge is 0.261 e. The van der Waals surface area contributed by atoms with E-state index in [4.69, 9.17) is 0 Å². The van der Waals surface area contributed by atoms with Gasteiger partial charge in [0.1, 0.15) is 5.65 Å². The first-order valence-corrected chi connectivity index (χ1v) is 11.4. The number of fused-ring (bicyclic) bond motifs is 1. The maximum absolute atomic E-state index is 13.1. The quantitative estimate of drug-likeness (QED) is 0.460. The average Bonchev–Trinajstić information content (AvgIpc) is 3.45. The van der Waals surface area contributed by atoms with Crippen molar-refractivity contribution in [1.29, 1.82) is 0 Å². The number of imidazole rings is 1. The summed E-state index contributed by atoms with van der Waals surface area (Å²) < 4.78 is 4.11. The molecule has 7 nitrogen and oxygen atoms in total. The van der Waals surface area contributed by atoms with E-state index in [2.05, 4.69) is 58.0 Å². The predicted octanol–water partition coefficient (Wildman–Crippen LogP) is 3.54. The molecule has 0 atom stereocenters. The second kappa shape index (κ2) is 8.42. The lowest BCUT2D eigenvalue weighted by Gasteiger charge is -2.29. The van der Waals surface area contributed by atoms with Crippen LogP contribution in [0.1, 0.15) is 30.7 Å². The molecule has 2 aliphatic rings. The molecule has 3 aromatic heterocycles. The highest BCUT2D eigenvalue weighted by Crippen LogP contribution is 2.37. The van der Waals surface area contributed by atoms with Crippen LogP contribution in [0, 0.1) is 0 Å². The van der Waals surface area contributed by atoms with Gasteiger partial charge in [-0.15, -0.1) is 12.4 Å². The van der Waals surface area contributed by atoms with Crippen LogP contribution >= 0.6 is 12.4 Å². The molecule has 0 saturated heterocycles. The summed E-state index contributed by atoms with van der Waals surface area (Å²) in [6, 6.07) is 12.4. The molecule has 4 aromatic rings. The molecule has 0 radical (unpaired) electrons. The van der Waals surface area contributed by atoms with Gasteiger partial charge < -0.3 is 4.57 Å². The molecular formula is C26H26ClN5O2. The summed E-state index contributed by atoms with van der Waals surface area (Å²) in [7, 11) is 0. The molecule has 2 aliphatic heterocycles. The van der Waals surface area contributed by atoms with Crippen molar-refractivity contribution in [2.24, 2.45) is 0 Å². The second-order valence-corrected chi connectivity index (χ2v) is 9.03. The van der Waals surface area contributed by atoms with Crippen LogP contribution in [-0.2, 0) is 22.6 Å². The molecule has 0 spiro atoms. The van der Waals surface area contributed by atoms with E-state index in [0.29, 0.717) is 22.9 Å². The lowest BCUT2D eigenvalue weighted by molar-refractivity contribution is -0.122. The average molecular weight is 476 g/mol. The number of amides is 2. The van der Waals surface area contributed by atoms with Crippen molar-refractivity contribution in [3.63, 3.8) is 0 Å². The number of carbonyl (C=O) groups is 2. The van der Waals surface area contributed by atoms with Gasteiger partial charge in [0.15, 0.2) is 0 Å². The van der Waals surface area contributed by atoms with Gasteiger partial charge in [0, 0.05) is 49.0 Å². The van der Waals surface area contributed by atoms with Crippen LogP contribution in [0.4, 0.5) is 0 Å². The number of hydrogen-bond acceptors (Lipinski definition) is 4. The zero-order valence-corrected chi connectivity index (χ0v) is 19.9. The number of nitrogens with one attached hydrogen (secondary N) is 1. The minimum Gasteiger partial charge on any atom is -0.345 e. The molecule has 8 heteroatoms. The van der Waals surface area contributed by atoms with Crippen LogP contribution in [0.25, 0.3) is 27.7 Å². The van der Waals surface area contributed by atoms with Crippen molar-refractivity contribution in [2.75, 3.05) is 13.1 Å². The second-order valence-electron chi connectivity index (χ2n) is 9.03. The summed E-state index contributed by atoms with van der Waals surface area (Å²) in [6.07, 6.45) is 6.53. The van der Waals surface area contributed by atoms with Crippen LogP contribution in [0.5, 0.6) is 0 Å². The predicted molar refractivity (Wildman–Crippen MR) is 135 cm³/mol. The van der Waals surface area contributed by atoms with Crippen LogP contribution in [-0.4, -0.2) is 49.8 Å². The van der Waals surface area contributed by atoms with Crippen LogP contribution < -0.4 is 5.32 Å². The van der Waals surface area contributed by atoms with Crippen LogP contribution in [0.3, 0.4) is 0 Å². The molecule has 0 aliphatic carbocycles. The number of nitrogens with zero attached hydrogens (tertiary/aromatic N) is 4. The van der Waals surface area contributed by atoms with Gasteiger partial charge in [-0.25, -0.2) is 4.98 Å². The normalized spacial score (nSPS) is 16.8. The Bertz CT molecular complexity index is 1480. The molecule has 34 heavy (non-hydrogen) atoms. The zero-order chi connectivity index (χ0) is 22.7. The highest BCUT2D eigenvalue weighted by molar-refractivity contribution is 6.49. The highest BCUT2D eigenvalue weighted by Gasteiger charge is 2.35. The van der Waals surface area contributed by atoms with Crippen molar-refractivity contribution in [2.45, 2.75) is 32.9 Å². The maximum atomic E-state index is 13.1. The van der Waals surface area contributed by atoms with E-state index in [0.717, 1.165) is 48.2 Å². The van der Waals surface area contributed by atoms with Gasteiger partial charge in [-0.05, 0) is 38.0 Å². The Labute approximate surface area is 203 Å². The number of aromatic nitrogens is 3. The lowest BCUT2D eigenvalue weighted by Crippen LogP contribution is -2.36. The van der Waals surface area contributed by atoms with Crippen molar-refractivity contribution < 1.29 is 9.59 Å². The fourth-order valence-corrected chi connectivity index (χ4v) is 5.22. The topological polar surface area (TPSA) is 71.6 Å². The van der Waals surface area contributed by atoms with Crippen molar-refractivity contribution in [3.05, 3.63) is 71.8 Å². The number of para-hydroxylation sites is 1. The minimum atomic E-state index is -0.381. The lowest BCUT2D eigenvalue weighted by atomic mass is 9.97. The van der Waals surface area contributed by atoms with E-state index in [1.807, 2.05) is 28.8 Å². The van der Waals surface area contributed by atoms with Crippen molar-refractivity contribution >= 4 is 51.9 Å². The van der Waals surface area contributed by atoms with E-state index in [1.165, 1.54) is 5.56 Å². The summed E-state index contributed by atoms with van der Waals surface area (Å²) in [5.41, 5.74) is 5.38. The summed E-state index contributed by atoms with van der Waals surface area (Å²) in [6.45, 7) is 7.24. The third-order valence-electron chi connectivity index (χ3n) is 6.88. The Morgan fingerprint density at radius 2 is 1.79 bits per heavy atom. The minimum absolute atomic E-state index is 0. The molecule has 6 rings (SSSR count). The number of halogens is 1. The molecule has 2 amide bonds. The summed E-state index contributed by atoms with van der Waals surface area (Å²) >= 11 is 0. The van der Waals surface area contributed by atoms with Crippen LogP contribution in [0.15, 0.2) is 55.0 Å². The maximum Gasteiger partial charge on any atom is 0.261 e. The molecule has 1 N–H and O–H groups in total. The summed E-state index contributed by atoms with van der Waals surface area (Å²) in [5, 5.41) is 3.54. The van der Waals surface area contributed by atoms with Gasteiger partial charge in [-0.2, -0.15) is 0 Å². The number of benzene rings is 1. The Hall–Kier alpha value is -3.42.